The Hall–Kier alpha value is -2.61. The highest BCUT2D eigenvalue weighted by molar-refractivity contribution is 7.12. The van der Waals surface area contributed by atoms with Gasteiger partial charge in [0.15, 0.2) is 17.4 Å². The number of urea groups is 1. The van der Waals surface area contributed by atoms with Crippen molar-refractivity contribution in [2.24, 2.45) is 5.73 Å². The maximum Gasteiger partial charge on any atom is 0.326 e. The van der Waals surface area contributed by atoms with Gasteiger partial charge in [0.25, 0.3) is 5.91 Å². The van der Waals surface area contributed by atoms with E-state index in [2.05, 4.69) is 0 Å². The molecule has 22 heavy (non-hydrogen) atoms. The third-order valence-corrected chi connectivity index (χ3v) is 4.22. The van der Waals surface area contributed by atoms with E-state index in [1.54, 1.807) is 11.4 Å². The molecule has 0 aliphatic carbocycles. The van der Waals surface area contributed by atoms with Crippen LogP contribution in [-0.4, -0.2) is 17.7 Å². The fraction of sp³-hybridized carbons (Fsp3) is 0.0714. The zero-order valence-corrected chi connectivity index (χ0v) is 11.7. The van der Waals surface area contributed by atoms with Crippen LogP contribution in [0.5, 0.6) is 0 Å². The SMILES string of the molecule is NC(=O)N1C(=O)C(C(=O)c2cccs2)c2cc(F)c(F)cc21. The van der Waals surface area contributed by atoms with Crippen LogP contribution in [0.1, 0.15) is 21.2 Å². The second-order valence-electron chi connectivity index (χ2n) is 4.61. The number of nitrogens with zero attached hydrogens (tertiary/aromatic N) is 1. The van der Waals surface area contributed by atoms with Gasteiger partial charge in [-0.05, 0) is 23.1 Å². The Morgan fingerprint density at radius 1 is 1.23 bits per heavy atom. The maximum atomic E-state index is 13.5. The molecule has 112 valence electrons. The number of thiophene rings is 1. The van der Waals surface area contributed by atoms with E-state index in [4.69, 9.17) is 5.73 Å². The monoisotopic (exact) mass is 322 g/mol. The second kappa shape index (κ2) is 4.99. The average Bonchev–Trinajstić information content (AvgIpc) is 3.05. The number of Topliss-reactive ketones (excluding diaryl/α,β-unsaturated/α-hetero) is 1. The van der Waals surface area contributed by atoms with E-state index < -0.39 is 35.3 Å². The van der Waals surface area contributed by atoms with E-state index >= 15 is 0 Å². The first-order chi connectivity index (χ1) is 10.4. The van der Waals surface area contributed by atoms with Crippen molar-refractivity contribution < 1.29 is 23.2 Å². The van der Waals surface area contributed by atoms with E-state index in [0.717, 1.165) is 17.4 Å². The zero-order valence-electron chi connectivity index (χ0n) is 10.9. The molecule has 0 radical (unpaired) electrons. The minimum Gasteiger partial charge on any atom is -0.351 e. The second-order valence-corrected chi connectivity index (χ2v) is 5.56. The fourth-order valence-corrected chi connectivity index (χ4v) is 3.09. The summed E-state index contributed by atoms with van der Waals surface area (Å²) in [6.07, 6.45) is 0. The molecule has 2 N–H and O–H groups in total. The number of anilines is 1. The number of carbonyl (C=O) groups excluding carboxylic acids is 3. The lowest BCUT2D eigenvalue weighted by molar-refractivity contribution is -0.117. The van der Waals surface area contributed by atoms with Crippen LogP contribution < -0.4 is 10.6 Å². The van der Waals surface area contributed by atoms with Crippen LogP contribution in [0.2, 0.25) is 0 Å². The molecule has 5 nitrogen and oxygen atoms in total. The van der Waals surface area contributed by atoms with E-state index in [-0.39, 0.29) is 16.1 Å². The van der Waals surface area contributed by atoms with Crippen LogP contribution in [0.3, 0.4) is 0 Å². The van der Waals surface area contributed by atoms with Gasteiger partial charge < -0.3 is 5.73 Å². The van der Waals surface area contributed by atoms with Gasteiger partial charge in [0.05, 0.1) is 10.6 Å². The lowest BCUT2D eigenvalue weighted by Gasteiger charge is -2.12. The van der Waals surface area contributed by atoms with Crippen molar-refractivity contribution >= 4 is 34.7 Å². The van der Waals surface area contributed by atoms with Gasteiger partial charge in [0.2, 0.25) is 0 Å². The van der Waals surface area contributed by atoms with Crippen molar-refractivity contribution in [3.05, 3.63) is 51.7 Å². The van der Waals surface area contributed by atoms with Crippen LogP contribution >= 0.6 is 11.3 Å². The molecular weight excluding hydrogens is 314 g/mol. The molecule has 1 aliphatic heterocycles. The number of imide groups is 1. The minimum absolute atomic E-state index is 0.0684. The highest BCUT2D eigenvalue weighted by atomic mass is 32.1. The van der Waals surface area contributed by atoms with Crippen molar-refractivity contribution in [1.82, 2.24) is 0 Å². The normalized spacial score (nSPS) is 16.7. The van der Waals surface area contributed by atoms with Gasteiger partial charge >= 0.3 is 6.03 Å². The first-order valence-corrected chi connectivity index (χ1v) is 7.00. The molecule has 3 rings (SSSR count). The van der Waals surface area contributed by atoms with Crippen molar-refractivity contribution in [2.75, 3.05) is 4.90 Å². The predicted molar refractivity (Wildman–Crippen MR) is 74.8 cm³/mol. The zero-order chi connectivity index (χ0) is 16.0. The van der Waals surface area contributed by atoms with Gasteiger partial charge in [-0.2, -0.15) is 0 Å². The summed E-state index contributed by atoms with van der Waals surface area (Å²) in [7, 11) is 0. The van der Waals surface area contributed by atoms with Gasteiger partial charge in [-0.1, -0.05) is 6.07 Å². The van der Waals surface area contributed by atoms with Gasteiger partial charge in [-0.15, -0.1) is 11.3 Å². The van der Waals surface area contributed by atoms with Gasteiger partial charge in [-0.3, -0.25) is 9.59 Å². The third-order valence-electron chi connectivity index (χ3n) is 3.34. The lowest BCUT2D eigenvalue weighted by Crippen LogP contribution is -2.40. The Morgan fingerprint density at radius 3 is 2.50 bits per heavy atom. The summed E-state index contributed by atoms with van der Waals surface area (Å²) in [5.74, 6) is -5.35. The molecule has 8 heteroatoms. The van der Waals surface area contributed by atoms with Crippen molar-refractivity contribution in [3.63, 3.8) is 0 Å². The molecule has 1 atom stereocenters. The molecule has 2 heterocycles. The summed E-state index contributed by atoms with van der Waals surface area (Å²) >= 11 is 1.11. The van der Waals surface area contributed by atoms with Crippen LogP contribution in [0, 0.1) is 11.6 Å². The van der Waals surface area contributed by atoms with Crippen molar-refractivity contribution in [1.29, 1.82) is 0 Å². The van der Waals surface area contributed by atoms with Crippen molar-refractivity contribution in [3.8, 4) is 0 Å². The topological polar surface area (TPSA) is 80.5 Å². The third kappa shape index (κ3) is 2.00. The lowest BCUT2D eigenvalue weighted by atomic mass is 9.95. The number of ketones is 1. The molecule has 0 bridgehead atoms. The summed E-state index contributed by atoms with van der Waals surface area (Å²) in [5.41, 5.74) is 4.84. The first kappa shape index (κ1) is 14.3. The molecule has 1 aliphatic rings. The van der Waals surface area contributed by atoms with Crippen LogP contribution in [0.25, 0.3) is 0 Å². The molecular formula is C14H8F2N2O3S. The number of benzene rings is 1. The number of carbonyl (C=O) groups is 3. The Morgan fingerprint density at radius 2 is 1.91 bits per heavy atom. The van der Waals surface area contributed by atoms with Crippen molar-refractivity contribution in [2.45, 2.75) is 5.92 Å². The Bertz CT molecular complexity index is 805. The standard InChI is InChI=1S/C14H8F2N2O3S/c15-7-4-6-9(5-8(7)16)18(14(17)21)13(20)11(6)12(19)10-2-1-3-22-10/h1-5,11H,(H2,17,21). The van der Waals surface area contributed by atoms with Gasteiger partial charge in [-0.25, -0.2) is 18.5 Å². The minimum atomic E-state index is -1.41. The Labute approximate surface area is 126 Å². The average molecular weight is 322 g/mol. The Balaban J connectivity index is 2.18. The highest BCUT2D eigenvalue weighted by Gasteiger charge is 2.45. The summed E-state index contributed by atoms with van der Waals surface area (Å²) in [4.78, 5) is 37.0. The number of nitrogens with two attached hydrogens (primary N) is 1. The molecule has 1 aromatic heterocycles. The van der Waals surface area contributed by atoms with Crippen LogP contribution in [0.15, 0.2) is 29.6 Å². The molecule has 0 spiro atoms. The largest absolute Gasteiger partial charge is 0.351 e. The highest BCUT2D eigenvalue weighted by Crippen LogP contribution is 2.40. The molecule has 3 amide bonds. The summed E-state index contributed by atoms with van der Waals surface area (Å²) in [6, 6.07) is 3.41. The molecule has 0 saturated heterocycles. The van der Waals surface area contributed by atoms with E-state index in [9.17, 15) is 23.2 Å². The Kier molecular flexibility index (Phi) is 3.25. The van der Waals surface area contributed by atoms with E-state index in [0.29, 0.717) is 11.0 Å². The van der Waals surface area contributed by atoms with Crippen LogP contribution in [0.4, 0.5) is 19.3 Å². The van der Waals surface area contributed by atoms with E-state index in [1.807, 2.05) is 0 Å². The molecule has 1 aromatic carbocycles. The molecule has 0 fully saturated rings. The first-order valence-electron chi connectivity index (χ1n) is 6.12. The number of amides is 3. The number of hydrogen-bond donors (Lipinski definition) is 1. The molecule has 2 aromatic rings. The number of halogens is 2. The van der Waals surface area contributed by atoms with Crippen LogP contribution in [-0.2, 0) is 4.79 Å². The summed E-state index contributed by atoms with van der Waals surface area (Å²) in [6.45, 7) is 0. The maximum absolute atomic E-state index is 13.5. The van der Waals surface area contributed by atoms with Gasteiger partial charge in [0, 0.05) is 6.07 Å². The number of hydrogen-bond acceptors (Lipinski definition) is 4. The smallest absolute Gasteiger partial charge is 0.326 e. The fourth-order valence-electron chi connectivity index (χ4n) is 2.40. The summed E-state index contributed by atoms with van der Waals surface area (Å²) < 4.78 is 26.9. The number of rotatable bonds is 2. The molecule has 0 saturated carbocycles. The van der Waals surface area contributed by atoms with Gasteiger partial charge in [0.1, 0.15) is 5.92 Å². The number of fused-ring (bicyclic) bond motifs is 1. The van der Waals surface area contributed by atoms with E-state index in [1.165, 1.54) is 6.07 Å². The predicted octanol–water partition coefficient (Wildman–Crippen LogP) is 2.42. The summed E-state index contributed by atoms with van der Waals surface area (Å²) in [5, 5.41) is 1.64. The molecule has 1 unspecified atom stereocenters. The quantitative estimate of drug-likeness (QED) is 0.681. The number of primary amides is 1.